The van der Waals surface area contributed by atoms with E-state index in [1.165, 1.54) is 25.6 Å². The maximum absolute atomic E-state index is 14.6. The summed E-state index contributed by atoms with van der Waals surface area (Å²) in [6, 6.07) is 4.75. The Morgan fingerprint density at radius 3 is 2.58 bits per heavy atom. The Balaban J connectivity index is 1.97. The largest absolute Gasteiger partial charge is 0.381 e. The number of nitrogens with zero attached hydrogens (tertiary/aromatic N) is 2. The molecule has 0 aliphatic carbocycles. The summed E-state index contributed by atoms with van der Waals surface area (Å²) in [5.41, 5.74) is -1.43. The van der Waals surface area contributed by atoms with Gasteiger partial charge in [0.1, 0.15) is 12.2 Å². The lowest BCUT2D eigenvalue weighted by Gasteiger charge is -2.23. The number of rotatable bonds is 5. The lowest BCUT2D eigenvalue weighted by molar-refractivity contribution is 0.0970. The van der Waals surface area contributed by atoms with Gasteiger partial charge in [-0.3, -0.25) is 10.2 Å². The zero-order valence-electron chi connectivity index (χ0n) is 12.6. The van der Waals surface area contributed by atoms with Crippen molar-refractivity contribution in [2.45, 2.75) is 12.6 Å². The number of halogens is 3. The van der Waals surface area contributed by atoms with Gasteiger partial charge in [0.15, 0.2) is 5.67 Å². The van der Waals surface area contributed by atoms with Crippen LogP contribution >= 0.6 is 23.2 Å². The lowest BCUT2D eigenvalue weighted by Crippen LogP contribution is -2.47. The Morgan fingerprint density at radius 2 is 1.96 bits per heavy atom. The van der Waals surface area contributed by atoms with Gasteiger partial charge in [-0.2, -0.15) is 0 Å². The molecule has 0 aliphatic rings. The number of alkyl halides is 1. The third-order valence-electron chi connectivity index (χ3n) is 3.13. The van der Waals surface area contributed by atoms with E-state index >= 15 is 0 Å². The van der Waals surface area contributed by atoms with Crippen molar-refractivity contribution in [3.05, 3.63) is 52.5 Å². The van der Waals surface area contributed by atoms with Crippen LogP contribution < -0.4 is 10.6 Å². The molecule has 24 heavy (non-hydrogen) atoms. The number of carbonyl (C=O) groups excluding carboxylic acids is 1. The summed E-state index contributed by atoms with van der Waals surface area (Å²) in [5.74, 6) is -1.23. The Kier molecular flexibility index (Phi) is 5.69. The molecule has 1 amide bonds. The molecule has 9 heteroatoms. The van der Waals surface area contributed by atoms with Gasteiger partial charge in [0.25, 0.3) is 5.91 Å². The van der Waals surface area contributed by atoms with Crippen molar-refractivity contribution < 1.29 is 9.18 Å². The number of carbonyl (C=O) groups is 1. The van der Waals surface area contributed by atoms with E-state index in [0.29, 0.717) is 15.7 Å². The van der Waals surface area contributed by atoms with Gasteiger partial charge < -0.3 is 10.6 Å². The predicted molar refractivity (Wildman–Crippen MR) is 91.7 cm³/mol. The van der Waals surface area contributed by atoms with Crippen LogP contribution in [-0.2, 0) is 0 Å². The Bertz CT molecular complexity index is 755. The number of anilines is 1. The molecule has 0 saturated heterocycles. The maximum atomic E-state index is 14.6. The molecule has 2 aromatic rings. The molecule has 0 aliphatic heterocycles. The topological polar surface area (TPSA) is 90.8 Å². The van der Waals surface area contributed by atoms with E-state index in [1.54, 1.807) is 18.2 Å². The Labute approximate surface area is 147 Å². The molecular weight excluding hydrogens is 356 g/mol. The smallest absolute Gasteiger partial charge is 0.259 e. The standard InChI is InChI=1S/C15H14Cl2FN5O/c1-15(18,7-22-10-2-3-11(16)12(17)4-10)14(19)23-13(24)9-5-20-8-21-6-9/h2-6,8,22H,7H2,1H3,(H2,19,23,24)/t15-/m1/s1. The van der Waals surface area contributed by atoms with Crippen molar-refractivity contribution in [1.29, 1.82) is 5.41 Å². The van der Waals surface area contributed by atoms with Gasteiger partial charge in [-0.05, 0) is 25.1 Å². The molecule has 0 unspecified atom stereocenters. The van der Waals surface area contributed by atoms with Gasteiger partial charge in [-0.15, -0.1) is 0 Å². The van der Waals surface area contributed by atoms with Crippen LogP contribution in [0.3, 0.4) is 0 Å². The fraction of sp³-hybridized carbons (Fsp3) is 0.200. The monoisotopic (exact) mass is 369 g/mol. The molecule has 3 N–H and O–H groups in total. The zero-order valence-corrected chi connectivity index (χ0v) is 14.1. The second-order valence-electron chi connectivity index (χ2n) is 5.14. The van der Waals surface area contributed by atoms with Crippen molar-refractivity contribution in [2.24, 2.45) is 0 Å². The van der Waals surface area contributed by atoms with E-state index in [2.05, 4.69) is 20.6 Å². The highest BCUT2D eigenvalue weighted by Gasteiger charge is 2.31. The molecule has 1 aromatic heterocycles. The fourth-order valence-corrected chi connectivity index (χ4v) is 1.99. The van der Waals surface area contributed by atoms with Crippen LogP contribution in [0, 0.1) is 5.41 Å². The van der Waals surface area contributed by atoms with E-state index in [1.807, 2.05) is 0 Å². The minimum absolute atomic E-state index is 0.135. The van der Waals surface area contributed by atoms with E-state index in [-0.39, 0.29) is 12.1 Å². The molecule has 0 spiro atoms. The number of aromatic nitrogens is 2. The number of nitrogens with one attached hydrogen (secondary N) is 3. The summed E-state index contributed by atoms with van der Waals surface area (Å²) in [6.45, 7) is 0.941. The highest BCUT2D eigenvalue weighted by molar-refractivity contribution is 6.42. The molecule has 2 rings (SSSR count). The first-order valence-electron chi connectivity index (χ1n) is 6.83. The third-order valence-corrected chi connectivity index (χ3v) is 3.87. The molecule has 0 fully saturated rings. The average Bonchev–Trinajstić information content (AvgIpc) is 2.56. The van der Waals surface area contributed by atoms with Crippen LogP contribution in [0.15, 0.2) is 36.9 Å². The van der Waals surface area contributed by atoms with Gasteiger partial charge in [0.05, 0.1) is 22.2 Å². The first kappa shape index (κ1) is 18.1. The minimum atomic E-state index is -2.11. The molecule has 0 saturated carbocycles. The molecule has 0 radical (unpaired) electrons. The van der Waals surface area contributed by atoms with E-state index in [9.17, 15) is 9.18 Å². The van der Waals surface area contributed by atoms with Crippen molar-refractivity contribution in [3.8, 4) is 0 Å². The summed E-state index contributed by atoms with van der Waals surface area (Å²) in [5, 5.41) is 13.5. The van der Waals surface area contributed by atoms with Crippen LogP contribution in [0.4, 0.5) is 10.1 Å². The van der Waals surface area contributed by atoms with Crippen molar-refractivity contribution in [2.75, 3.05) is 11.9 Å². The molecule has 1 aromatic carbocycles. The molecule has 1 atom stereocenters. The fourth-order valence-electron chi connectivity index (χ4n) is 1.69. The SMILES string of the molecule is C[C@@](F)(CNc1ccc(Cl)c(Cl)c1)C(=N)NC(=O)c1cncnc1. The first-order chi connectivity index (χ1) is 11.3. The summed E-state index contributed by atoms with van der Waals surface area (Å²) in [4.78, 5) is 19.3. The van der Waals surface area contributed by atoms with E-state index < -0.39 is 17.4 Å². The lowest BCUT2D eigenvalue weighted by atomic mass is 10.1. The van der Waals surface area contributed by atoms with Crippen LogP contribution in [0.2, 0.25) is 10.0 Å². The number of benzene rings is 1. The predicted octanol–water partition coefficient (Wildman–Crippen LogP) is 3.33. The second kappa shape index (κ2) is 7.55. The first-order valence-corrected chi connectivity index (χ1v) is 7.58. The van der Waals surface area contributed by atoms with Crippen molar-refractivity contribution in [3.63, 3.8) is 0 Å². The normalized spacial score (nSPS) is 13.0. The highest BCUT2D eigenvalue weighted by Crippen LogP contribution is 2.25. The number of hydrogen-bond acceptors (Lipinski definition) is 5. The van der Waals surface area contributed by atoms with Crippen molar-refractivity contribution >= 4 is 40.6 Å². The quantitative estimate of drug-likeness (QED) is 0.556. The summed E-state index contributed by atoms with van der Waals surface area (Å²) in [7, 11) is 0. The van der Waals surface area contributed by atoms with Gasteiger partial charge >= 0.3 is 0 Å². The molecule has 1 heterocycles. The van der Waals surface area contributed by atoms with Crippen LogP contribution in [0.25, 0.3) is 0 Å². The summed E-state index contributed by atoms with van der Waals surface area (Å²) >= 11 is 11.7. The molecular formula is C15H14Cl2FN5O. The third kappa shape index (κ3) is 4.62. The van der Waals surface area contributed by atoms with Gasteiger partial charge in [0.2, 0.25) is 0 Å². The highest BCUT2D eigenvalue weighted by atomic mass is 35.5. The van der Waals surface area contributed by atoms with Crippen LogP contribution in [-0.4, -0.2) is 33.9 Å². The number of amides is 1. The summed E-state index contributed by atoms with van der Waals surface area (Å²) < 4.78 is 14.6. The number of hydrogen-bond donors (Lipinski definition) is 3. The van der Waals surface area contributed by atoms with Gasteiger partial charge in [-0.25, -0.2) is 14.4 Å². The second-order valence-corrected chi connectivity index (χ2v) is 5.95. The van der Waals surface area contributed by atoms with E-state index in [4.69, 9.17) is 28.6 Å². The Morgan fingerprint density at radius 1 is 1.29 bits per heavy atom. The van der Waals surface area contributed by atoms with Gasteiger partial charge in [0, 0.05) is 18.1 Å². The molecule has 0 bridgehead atoms. The zero-order chi connectivity index (χ0) is 17.7. The molecule has 6 nitrogen and oxygen atoms in total. The Hall–Kier alpha value is -2.25. The van der Waals surface area contributed by atoms with Crippen molar-refractivity contribution in [1.82, 2.24) is 15.3 Å². The maximum Gasteiger partial charge on any atom is 0.259 e. The van der Waals surface area contributed by atoms with E-state index in [0.717, 1.165) is 0 Å². The number of amidine groups is 1. The minimum Gasteiger partial charge on any atom is -0.381 e. The van der Waals surface area contributed by atoms with Crippen LogP contribution in [0.5, 0.6) is 0 Å². The molecule has 126 valence electrons. The van der Waals surface area contributed by atoms with Gasteiger partial charge in [-0.1, -0.05) is 23.2 Å². The average molecular weight is 370 g/mol. The summed E-state index contributed by atoms with van der Waals surface area (Å²) in [6.07, 6.45) is 3.82. The van der Waals surface area contributed by atoms with Crippen LogP contribution in [0.1, 0.15) is 17.3 Å².